The summed E-state index contributed by atoms with van der Waals surface area (Å²) in [6.45, 7) is 3.08. The molecule has 16 heavy (non-hydrogen) atoms. The summed E-state index contributed by atoms with van der Waals surface area (Å²) in [6.07, 6.45) is 10.6. The van der Waals surface area contributed by atoms with Gasteiger partial charge in [0.15, 0.2) is 0 Å². The molecule has 0 aliphatic heterocycles. The van der Waals surface area contributed by atoms with Crippen molar-refractivity contribution in [3.8, 4) is 5.75 Å². The summed E-state index contributed by atoms with van der Waals surface area (Å²) in [4.78, 5) is 0. The molecule has 0 unspecified atom stereocenters. The Bertz CT molecular complexity index is 330. The first-order valence-corrected chi connectivity index (χ1v) is 6.40. The molecule has 1 aliphatic rings. The van der Waals surface area contributed by atoms with E-state index >= 15 is 0 Å². The third kappa shape index (κ3) is 3.01. The van der Waals surface area contributed by atoms with E-state index in [0.29, 0.717) is 0 Å². The smallest absolute Gasteiger partial charge is 0.119 e. The van der Waals surface area contributed by atoms with Crippen molar-refractivity contribution in [3.05, 3.63) is 35.7 Å². The first kappa shape index (κ1) is 11.5. The Hall–Kier alpha value is -0.980. The minimum atomic E-state index is 0.846. The zero-order valence-electron chi connectivity index (χ0n) is 10.1. The van der Waals surface area contributed by atoms with Crippen molar-refractivity contribution < 1.29 is 4.74 Å². The number of fused-ring (bicyclic) bond motifs is 1. The van der Waals surface area contributed by atoms with Crippen LogP contribution in [0, 0.1) is 6.42 Å². The molecule has 0 heterocycles. The highest BCUT2D eigenvalue weighted by molar-refractivity contribution is 5.43. The standard InChI is InChI=1S/C15H20O/c1-2-3-4-5-11-16-15-10-9-13-7-6-8-14(13)12-15/h9-10,12H,2-7,11H2,1H3. The highest BCUT2D eigenvalue weighted by Gasteiger charge is 2.11. The molecule has 1 aromatic rings. The van der Waals surface area contributed by atoms with Gasteiger partial charge < -0.3 is 4.74 Å². The number of ether oxygens (including phenoxy) is 1. The highest BCUT2D eigenvalue weighted by atomic mass is 16.5. The van der Waals surface area contributed by atoms with Crippen LogP contribution in [0.3, 0.4) is 0 Å². The van der Waals surface area contributed by atoms with Gasteiger partial charge in [-0.05, 0) is 42.5 Å². The normalized spacial score (nSPS) is 13.8. The monoisotopic (exact) mass is 216 g/mol. The zero-order valence-corrected chi connectivity index (χ0v) is 10.1. The number of hydrogen-bond acceptors (Lipinski definition) is 1. The minimum Gasteiger partial charge on any atom is -0.494 e. The number of rotatable bonds is 6. The quantitative estimate of drug-likeness (QED) is 0.652. The molecule has 0 saturated heterocycles. The van der Waals surface area contributed by atoms with Gasteiger partial charge >= 0.3 is 0 Å². The van der Waals surface area contributed by atoms with Crippen molar-refractivity contribution in [2.24, 2.45) is 0 Å². The molecule has 0 saturated carbocycles. The average Bonchev–Trinajstić information content (AvgIpc) is 2.76. The molecule has 0 amide bonds. The van der Waals surface area contributed by atoms with Crippen LogP contribution in [-0.2, 0) is 6.42 Å². The molecule has 0 fully saturated rings. The van der Waals surface area contributed by atoms with Crippen molar-refractivity contribution in [1.82, 2.24) is 0 Å². The lowest BCUT2D eigenvalue weighted by molar-refractivity contribution is 0.305. The molecule has 0 aromatic heterocycles. The Morgan fingerprint density at radius 3 is 3.06 bits per heavy atom. The lowest BCUT2D eigenvalue weighted by atomic mass is 10.1. The second-order valence-electron chi connectivity index (χ2n) is 4.40. The van der Waals surface area contributed by atoms with E-state index in [1.807, 2.05) is 0 Å². The molecule has 0 bridgehead atoms. The number of hydrogen-bond donors (Lipinski definition) is 0. The largest absolute Gasteiger partial charge is 0.494 e. The molecule has 1 heteroatoms. The summed E-state index contributed by atoms with van der Waals surface area (Å²) in [6, 6.07) is 6.39. The van der Waals surface area contributed by atoms with E-state index in [0.717, 1.165) is 25.2 Å². The minimum absolute atomic E-state index is 0.846. The molecule has 2 radical (unpaired) electrons. The van der Waals surface area contributed by atoms with Gasteiger partial charge in [0.05, 0.1) is 6.61 Å². The Labute approximate surface area is 98.8 Å². The predicted octanol–water partition coefficient (Wildman–Crippen LogP) is 4.02. The molecule has 1 aliphatic carbocycles. The molecule has 1 nitrogen and oxygen atoms in total. The first-order valence-electron chi connectivity index (χ1n) is 6.40. The van der Waals surface area contributed by atoms with Gasteiger partial charge in [-0.25, -0.2) is 0 Å². The molecular formula is C15H20O. The maximum atomic E-state index is 5.74. The summed E-state index contributed by atoms with van der Waals surface area (Å²) in [5.74, 6) is 1.00. The van der Waals surface area contributed by atoms with E-state index in [-0.39, 0.29) is 0 Å². The van der Waals surface area contributed by atoms with Crippen molar-refractivity contribution in [2.45, 2.75) is 45.4 Å². The van der Waals surface area contributed by atoms with Crippen LogP contribution in [0.4, 0.5) is 0 Å². The van der Waals surface area contributed by atoms with Crippen LogP contribution in [0.2, 0.25) is 0 Å². The van der Waals surface area contributed by atoms with Gasteiger partial charge in [-0.3, -0.25) is 0 Å². The van der Waals surface area contributed by atoms with Crippen molar-refractivity contribution >= 4 is 0 Å². The molecular weight excluding hydrogens is 196 g/mol. The lowest BCUT2D eigenvalue weighted by Crippen LogP contribution is -1.97. The van der Waals surface area contributed by atoms with Crippen LogP contribution in [0.25, 0.3) is 0 Å². The first-order chi connectivity index (χ1) is 7.90. The maximum absolute atomic E-state index is 5.74. The molecule has 2 rings (SSSR count). The Morgan fingerprint density at radius 1 is 1.25 bits per heavy atom. The highest BCUT2D eigenvalue weighted by Crippen LogP contribution is 2.27. The summed E-state index contributed by atoms with van der Waals surface area (Å²) in [5.41, 5.74) is 2.67. The van der Waals surface area contributed by atoms with E-state index < -0.39 is 0 Å². The van der Waals surface area contributed by atoms with E-state index in [1.165, 1.54) is 36.8 Å². The third-order valence-corrected chi connectivity index (χ3v) is 3.06. The Morgan fingerprint density at radius 2 is 2.19 bits per heavy atom. The summed E-state index contributed by atoms with van der Waals surface area (Å²) >= 11 is 0. The second-order valence-corrected chi connectivity index (χ2v) is 4.40. The lowest BCUT2D eigenvalue weighted by Gasteiger charge is -2.07. The van der Waals surface area contributed by atoms with E-state index in [1.54, 1.807) is 0 Å². The maximum Gasteiger partial charge on any atom is 0.119 e. The fourth-order valence-corrected chi connectivity index (χ4v) is 2.08. The van der Waals surface area contributed by atoms with Crippen LogP contribution >= 0.6 is 0 Å². The fourth-order valence-electron chi connectivity index (χ4n) is 2.08. The molecule has 86 valence electrons. The Balaban J connectivity index is 1.77. The number of benzene rings is 1. The molecule has 0 spiro atoms. The average molecular weight is 216 g/mol. The van der Waals surface area contributed by atoms with Gasteiger partial charge in [-0.1, -0.05) is 32.3 Å². The van der Waals surface area contributed by atoms with Crippen LogP contribution in [0.1, 0.15) is 50.2 Å². The molecule has 0 N–H and O–H groups in total. The van der Waals surface area contributed by atoms with Crippen molar-refractivity contribution in [3.63, 3.8) is 0 Å². The van der Waals surface area contributed by atoms with Crippen molar-refractivity contribution in [2.75, 3.05) is 6.61 Å². The van der Waals surface area contributed by atoms with Gasteiger partial charge in [-0.15, -0.1) is 0 Å². The third-order valence-electron chi connectivity index (χ3n) is 3.06. The molecule has 0 atom stereocenters. The van der Waals surface area contributed by atoms with Crippen LogP contribution in [-0.4, -0.2) is 6.61 Å². The SMILES string of the molecule is CCCCCCOc1ccc2c(c1)[C]CC2. The van der Waals surface area contributed by atoms with Crippen molar-refractivity contribution in [1.29, 1.82) is 0 Å². The summed E-state index contributed by atoms with van der Waals surface area (Å²) in [7, 11) is 0. The molecule has 1 aromatic carbocycles. The number of aryl methyl sites for hydroxylation is 1. The topological polar surface area (TPSA) is 9.23 Å². The fraction of sp³-hybridized carbons (Fsp3) is 0.533. The van der Waals surface area contributed by atoms with E-state index in [4.69, 9.17) is 4.74 Å². The van der Waals surface area contributed by atoms with Crippen LogP contribution in [0.15, 0.2) is 18.2 Å². The van der Waals surface area contributed by atoms with Crippen LogP contribution < -0.4 is 4.74 Å². The predicted molar refractivity (Wildman–Crippen MR) is 66.7 cm³/mol. The Kier molecular flexibility index (Phi) is 4.26. The van der Waals surface area contributed by atoms with Gasteiger partial charge in [0.2, 0.25) is 0 Å². The van der Waals surface area contributed by atoms with Gasteiger partial charge in [0.25, 0.3) is 0 Å². The van der Waals surface area contributed by atoms with Gasteiger partial charge in [0.1, 0.15) is 5.75 Å². The number of unbranched alkanes of at least 4 members (excludes halogenated alkanes) is 3. The van der Waals surface area contributed by atoms with E-state index in [9.17, 15) is 0 Å². The van der Waals surface area contributed by atoms with E-state index in [2.05, 4.69) is 31.5 Å². The second kappa shape index (κ2) is 5.93. The van der Waals surface area contributed by atoms with Gasteiger partial charge in [-0.2, -0.15) is 0 Å². The summed E-state index contributed by atoms with van der Waals surface area (Å²) < 4.78 is 5.74. The van der Waals surface area contributed by atoms with Crippen LogP contribution in [0.5, 0.6) is 5.75 Å². The summed E-state index contributed by atoms with van der Waals surface area (Å²) in [5, 5.41) is 0. The van der Waals surface area contributed by atoms with Gasteiger partial charge in [0, 0.05) is 6.42 Å². The zero-order chi connectivity index (χ0) is 11.2.